The lowest BCUT2D eigenvalue weighted by Gasteiger charge is -2.41. The molecular weight excluding hydrogens is 192 g/mol. The summed E-state index contributed by atoms with van der Waals surface area (Å²) in [5.41, 5.74) is 0. The summed E-state index contributed by atoms with van der Waals surface area (Å²) < 4.78 is 0. The normalized spacial score (nSPS) is 44.2. The van der Waals surface area contributed by atoms with Crippen molar-refractivity contribution in [1.82, 2.24) is 0 Å². The molecule has 0 spiro atoms. The van der Waals surface area contributed by atoms with Crippen molar-refractivity contribution in [2.24, 2.45) is 11.8 Å². The Morgan fingerprint density at radius 2 is 1.27 bits per heavy atom. The zero-order valence-electron chi connectivity index (χ0n) is 9.18. The van der Waals surface area contributed by atoms with Crippen molar-refractivity contribution in [3.8, 4) is 0 Å². The van der Waals surface area contributed by atoms with Gasteiger partial charge in [-0.1, -0.05) is 19.3 Å². The van der Waals surface area contributed by atoms with Crippen LogP contribution in [0.1, 0.15) is 44.9 Å². The van der Waals surface area contributed by atoms with Crippen molar-refractivity contribution in [1.29, 1.82) is 0 Å². The molecule has 0 amide bonds. The van der Waals surface area contributed by atoms with Gasteiger partial charge in [0.1, 0.15) is 0 Å². The van der Waals surface area contributed by atoms with Crippen LogP contribution < -0.4 is 0 Å². The van der Waals surface area contributed by atoms with Crippen LogP contribution >= 0.6 is 0 Å². The zero-order valence-corrected chi connectivity index (χ0v) is 9.18. The van der Waals surface area contributed by atoms with E-state index in [9.17, 15) is 15.3 Å². The van der Waals surface area contributed by atoms with Gasteiger partial charge < -0.3 is 15.3 Å². The summed E-state index contributed by atoms with van der Waals surface area (Å²) in [6.07, 6.45) is 5.36. The largest absolute Gasteiger partial charge is 0.393 e. The molecule has 2 aliphatic carbocycles. The Bertz CT molecular complexity index is 189. The van der Waals surface area contributed by atoms with Gasteiger partial charge in [-0.15, -0.1) is 0 Å². The monoisotopic (exact) mass is 214 g/mol. The Morgan fingerprint density at radius 3 is 1.80 bits per heavy atom. The molecule has 0 aromatic carbocycles. The maximum atomic E-state index is 9.94. The molecule has 3 nitrogen and oxygen atoms in total. The number of aliphatic hydroxyl groups is 3. The highest BCUT2D eigenvalue weighted by atomic mass is 16.3. The molecule has 0 aromatic heterocycles. The molecule has 3 heteroatoms. The number of hydrogen-bond donors (Lipinski definition) is 3. The SMILES string of the molecule is OC1CC(O)C(C2CCCCC2)C(O)C1. The third-order valence-corrected chi connectivity index (χ3v) is 4.11. The van der Waals surface area contributed by atoms with E-state index < -0.39 is 18.3 Å². The van der Waals surface area contributed by atoms with Crippen LogP contribution in [0.4, 0.5) is 0 Å². The number of rotatable bonds is 1. The maximum Gasteiger partial charge on any atom is 0.0620 e. The van der Waals surface area contributed by atoms with Gasteiger partial charge in [0, 0.05) is 5.92 Å². The molecule has 2 saturated carbocycles. The molecule has 15 heavy (non-hydrogen) atoms. The van der Waals surface area contributed by atoms with Crippen molar-refractivity contribution in [2.75, 3.05) is 0 Å². The second kappa shape index (κ2) is 4.81. The lowest BCUT2D eigenvalue weighted by atomic mass is 9.70. The van der Waals surface area contributed by atoms with E-state index in [1.54, 1.807) is 0 Å². The number of hydrogen-bond acceptors (Lipinski definition) is 3. The minimum Gasteiger partial charge on any atom is -0.393 e. The highest BCUT2D eigenvalue weighted by Crippen LogP contribution is 2.38. The van der Waals surface area contributed by atoms with Crippen molar-refractivity contribution < 1.29 is 15.3 Å². The van der Waals surface area contributed by atoms with E-state index in [0.29, 0.717) is 18.8 Å². The summed E-state index contributed by atoms with van der Waals surface area (Å²) in [5, 5.41) is 29.3. The molecule has 2 atom stereocenters. The Morgan fingerprint density at radius 1 is 0.733 bits per heavy atom. The standard InChI is InChI=1S/C12H22O3/c13-9-6-10(14)12(11(15)7-9)8-4-2-1-3-5-8/h8-15H,1-7H2. The van der Waals surface area contributed by atoms with Gasteiger partial charge >= 0.3 is 0 Å². The summed E-state index contributed by atoms with van der Waals surface area (Å²) in [6.45, 7) is 0. The van der Waals surface area contributed by atoms with Gasteiger partial charge in [0.05, 0.1) is 18.3 Å². The fraction of sp³-hybridized carbons (Fsp3) is 1.00. The molecule has 3 N–H and O–H groups in total. The quantitative estimate of drug-likeness (QED) is 0.611. The first-order valence-electron chi connectivity index (χ1n) is 6.22. The van der Waals surface area contributed by atoms with Crippen LogP contribution in [-0.4, -0.2) is 33.6 Å². The molecule has 2 aliphatic rings. The first kappa shape index (κ1) is 11.4. The van der Waals surface area contributed by atoms with Gasteiger partial charge in [-0.2, -0.15) is 0 Å². The average Bonchev–Trinajstić information content (AvgIpc) is 2.17. The smallest absolute Gasteiger partial charge is 0.0620 e. The Kier molecular flexibility index (Phi) is 3.65. The van der Waals surface area contributed by atoms with Gasteiger partial charge in [-0.05, 0) is 31.6 Å². The van der Waals surface area contributed by atoms with Crippen LogP contribution in [0.15, 0.2) is 0 Å². The van der Waals surface area contributed by atoms with E-state index in [4.69, 9.17) is 0 Å². The van der Waals surface area contributed by atoms with Gasteiger partial charge in [0.25, 0.3) is 0 Å². The second-order valence-corrected chi connectivity index (χ2v) is 5.24. The third kappa shape index (κ3) is 2.52. The van der Waals surface area contributed by atoms with Crippen LogP contribution in [-0.2, 0) is 0 Å². The first-order chi connectivity index (χ1) is 7.18. The summed E-state index contributed by atoms with van der Waals surface area (Å²) in [6, 6.07) is 0. The molecule has 2 unspecified atom stereocenters. The number of aliphatic hydroxyl groups excluding tert-OH is 3. The summed E-state index contributed by atoms with van der Waals surface area (Å²) in [4.78, 5) is 0. The van der Waals surface area contributed by atoms with Crippen LogP contribution in [0.2, 0.25) is 0 Å². The van der Waals surface area contributed by atoms with E-state index in [2.05, 4.69) is 0 Å². The van der Waals surface area contributed by atoms with Crippen LogP contribution in [0.5, 0.6) is 0 Å². The molecular formula is C12H22O3. The molecule has 0 bridgehead atoms. The lowest BCUT2D eigenvalue weighted by Crippen LogP contribution is -2.46. The highest BCUT2D eigenvalue weighted by Gasteiger charge is 2.40. The Balaban J connectivity index is 1.99. The van der Waals surface area contributed by atoms with E-state index in [-0.39, 0.29) is 5.92 Å². The van der Waals surface area contributed by atoms with Crippen LogP contribution in [0, 0.1) is 11.8 Å². The second-order valence-electron chi connectivity index (χ2n) is 5.24. The van der Waals surface area contributed by atoms with Gasteiger partial charge in [-0.3, -0.25) is 0 Å². The van der Waals surface area contributed by atoms with Gasteiger partial charge in [0.2, 0.25) is 0 Å². The fourth-order valence-corrected chi connectivity index (χ4v) is 3.37. The summed E-state index contributed by atoms with van der Waals surface area (Å²) in [5.74, 6) is 0.477. The summed E-state index contributed by atoms with van der Waals surface area (Å²) >= 11 is 0. The molecule has 2 rings (SSSR count). The van der Waals surface area contributed by atoms with E-state index in [1.165, 1.54) is 19.3 Å². The van der Waals surface area contributed by atoms with Gasteiger partial charge in [0.15, 0.2) is 0 Å². The van der Waals surface area contributed by atoms with E-state index >= 15 is 0 Å². The minimum absolute atomic E-state index is 0.00806. The van der Waals surface area contributed by atoms with Crippen LogP contribution in [0.3, 0.4) is 0 Å². The fourth-order valence-electron chi connectivity index (χ4n) is 3.37. The molecule has 0 radical (unpaired) electrons. The highest BCUT2D eigenvalue weighted by molar-refractivity contribution is 4.90. The topological polar surface area (TPSA) is 60.7 Å². The predicted molar refractivity (Wildman–Crippen MR) is 57.3 cm³/mol. The molecule has 88 valence electrons. The van der Waals surface area contributed by atoms with Crippen molar-refractivity contribution in [3.05, 3.63) is 0 Å². The lowest BCUT2D eigenvalue weighted by molar-refractivity contribution is -0.0968. The Hall–Kier alpha value is -0.120. The van der Waals surface area contributed by atoms with E-state index in [0.717, 1.165) is 12.8 Å². The summed E-state index contributed by atoms with van der Waals surface area (Å²) in [7, 11) is 0. The van der Waals surface area contributed by atoms with Crippen LogP contribution in [0.25, 0.3) is 0 Å². The zero-order chi connectivity index (χ0) is 10.8. The molecule has 2 fully saturated rings. The minimum atomic E-state index is -0.519. The molecule has 0 saturated heterocycles. The first-order valence-corrected chi connectivity index (χ1v) is 6.22. The molecule has 0 heterocycles. The third-order valence-electron chi connectivity index (χ3n) is 4.11. The van der Waals surface area contributed by atoms with Gasteiger partial charge in [-0.25, -0.2) is 0 Å². The molecule has 0 aromatic rings. The predicted octanol–water partition coefficient (Wildman–Crippen LogP) is 1.06. The average molecular weight is 214 g/mol. The van der Waals surface area contributed by atoms with E-state index in [1.807, 2.05) is 0 Å². The van der Waals surface area contributed by atoms with Crippen molar-refractivity contribution >= 4 is 0 Å². The maximum absolute atomic E-state index is 9.94. The van der Waals surface area contributed by atoms with Crippen molar-refractivity contribution in [3.63, 3.8) is 0 Å². The molecule has 0 aliphatic heterocycles. The Labute approximate surface area is 91.1 Å². The van der Waals surface area contributed by atoms with Crippen molar-refractivity contribution in [2.45, 2.75) is 63.3 Å².